The maximum Gasteiger partial charge on any atom is 0.157 e. The van der Waals surface area contributed by atoms with Gasteiger partial charge in [-0.2, -0.15) is 0 Å². The normalized spacial score (nSPS) is 43.2. The molecule has 13 heavy (non-hydrogen) atoms. The predicted octanol–water partition coefficient (Wildman–Crippen LogP) is 1.06. The van der Waals surface area contributed by atoms with Crippen LogP contribution in [0.5, 0.6) is 0 Å². The molecule has 0 aromatic heterocycles. The van der Waals surface area contributed by atoms with Gasteiger partial charge in [-0.15, -0.1) is 0 Å². The van der Waals surface area contributed by atoms with E-state index < -0.39 is 19.9 Å². The number of ketones is 1. The maximum absolute atomic E-state index is 11.8. The SMILES string of the molecule is O=C1CC2CCCC(C1Br)S2(=O)=O. The van der Waals surface area contributed by atoms with E-state index >= 15 is 0 Å². The third-order valence-electron chi connectivity index (χ3n) is 2.96. The average Bonchev–Trinajstić information content (AvgIpc) is 2.03. The van der Waals surface area contributed by atoms with Gasteiger partial charge in [0.25, 0.3) is 0 Å². The Morgan fingerprint density at radius 1 is 1.31 bits per heavy atom. The molecular formula is C8H11BrO3S. The van der Waals surface area contributed by atoms with Crippen LogP contribution in [0.4, 0.5) is 0 Å². The number of carbonyl (C=O) groups is 1. The fourth-order valence-electron chi connectivity index (χ4n) is 2.20. The van der Waals surface area contributed by atoms with Crippen LogP contribution < -0.4 is 0 Å². The number of fused-ring (bicyclic) bond motifs is 2. The molecule has 2 bridgehead atoms. The first kappa shape index (κ1) is 9.65. The summed E-state index contributed by atoms with van der Waals surface area (Å²) < 4.78 is 23.5. The van der Waals surface area contributed by atoms with Crippen LogP contribution in [0.1, 0.15) is 25.7 Å². The predicted molar refractivity (Wildman–Crippen MR) is 52.7 cm³/mol. The highest BCUT2D eigenvalue weighted by Crippen LogP contribution is 2.37. The Balaban J connectivity index is 2.41. The van der Waals surface area contributed by atoms with Gasteiger partial charge in [0.05, 0.1) is 15.3 Å². The average molecular weight is 267 g/mol. The van der Waals surface area contributed by atoms with E-state index in [0.717, 1.165) is 6.42 Å². The summed E-state index contributed by atoms with van der Waals surface area (Å²) in [5.41, 5.74) is 0. The molecule has 0 aromatic carbocycles. The van der Waals surface area contributed by atoms with Crippen molar-refractivity contribution in [2.45, 2.75) is 41.0 Å². The summed E-state index contributed by atoms with van der Waals surface area (Å²) in [6, 6.07) is 0. The van der Waals surface area contributed by atoms with Crippen molar-refractivity contribution >= 4 is 31.6 Å². The molecule has 0 amide bonds. The molecule has 2 rings (SSSR count). The van der Waals surface area contributed by atoms with Gasteiger partial charge in [-0.05, 0) is 12.8 Å². The third kappa shape index (κ3) is 1.36. The van der Waals surface area contributed by atoms with E-state index in [4.69, 9.17) is 0 Å². The highest BCUT2D eigenvalue weighted by atomic mass is 79.9. The van der Waals surface area contributed by atoms with E-state index in [0.29, 0.717) is 12.8 Å². The number of Topliss-reactive ketones (excluding diaryl/α,β-unsaturated/α-hetero) is 1. The first-order chi connectivity index (χ1) is 6.03. The summed E-state index contributed by atoms with van der Waals surface area (Å²) in [6.07, 6.45) is 2.46. The summed E-state index contributed by atoms with van der Waals surface area (Å²) in [5, 5.41) is -0.833. The molecule has 0 spiro atoms. The van der Waals surface area contributed by atoms with E-state index in [1.807, 2.05) is 0 Å². The van der Waals surface area contributed by atoms with E-state index in [9.17, 15) is 13.2 Å². The van der Waals surface area contributed by atoms with Crippen LogP contribution in [0, 0.1) is 0 Å². The van der Waals surface area contributed by atoms with Crippen LogP contribution in [0.2, 0.25) is 0 Å². The van der Waals surface area contributed by atoms with Crippen molar-refractivity contribution < 1.29 is 13.2 Å². The number of hydrogen-bond donors (Lipinski definition) is 0. The zero-order valence-corrected chi connectivity index (χ0v) is 9.47. The Hall–Kier alpha value is 0.1000. The van der Waals surface area contributed by atoms with E-state index in [2.05, 4.69) is 15.9 Å². The van der Waals surface area contributed by atoms with Gasteiger partial charge < -0.3 is 0 Å². The Morgan fingerprint density at radius 2 is 2.00 bits per heavy atom. The lowest BCUT2D eigenvalue weighted by Crippen LogP contribution is -2.50. The Labute approximate surface area is 85.9 Å². The topological polar surface area (TPSA) is 51.2 Å². The second-order valence-electron chi connectivity index (χ2n) is 3.75. The molecule has 2 aliphatic rings. The zero-order valence-electron chi connectivity index (χ0n) is 7.07. The van der Waals surface area contributed by atoms with Gasteiger partial charge in [-0.25, -0.2) is 8.42 Å². The molecule has 0 aromatic rings. The van der Waals surface area contributed by atoms with E-state index in [1.165, 1.54) is 0 Å². The number of rotatable bonds is 0. The number of halogens is 1. The second kappa shape index (κ2) is 3.05. The molecule has 0 N–H and O–H groups in total. The second-order valence-corrected chi connectivity index (χ2v) is 7.19. The van der Waals surface area contributed by atoms with Crippen molar-refractivity contribution in [2.75, 3.05) is 0 Å². The van der Waals surface area contributed by atoms with Crippen molar-refractivity contribution in [3.8, 4) is 0 Å². The van der Waals surface area contributed by atoms with E-state index in [-0.39, 0.29) is 17.5 Å². The fraction of sp³-hybridized carbons (Fsp3) is 0.875. The number of sulfone groups is 1. The minimum atomic E-state index is -3.02. The highest BCUT2D eigenvalue weighted by molar-refractivity contribution is 9.10. The molecular weight excluding hydrogens is 256 g/mol. The largest absolute Gasteiger partial charge is 0.298 e. The minimum Gasteiger partial charge on any atom is -0.298 e. The summed E-state index contributed by atoms with van der Waals surface area (Å²) in [6.45, 7) is 0. The first-order valence-corrected chi connectivity index (χ1v) is 6.95. The van der Waals surface area contributed by atoms with Crippen LogP contribution in [0.15, 0.2) is 0 Å². The van der Waals surface area contributed by atoms with Crippen LogP contribution in [-0.4, -0.2) is 29.5 Å². The summed E-state index contributed by atoms with van der Waals surface area (Å²) in [4.78, 5) is 10.9. The molecule has 5 heteroatoms. The van der Waals surface area contributed by atoms with Gasteiger partial charge in [0.15, 0.2) is 9.84 Å². The van der Waals surface area contributed by atoms with Crippen molar-refractivity contribution in [3.05, 3.63) is 0 Å². The Bertz CT molecular complexity index is 335. The van der Waals surface area contributed by atoms with Gasteiger partial charge in [0, 0.05) is 6.42 Å². The standard InChI is InChI=1S/C8H11BrO3S/c9-8-6(10)4-5-2-1-3-7(8)13(5,11)12/h5,7-8H,1-4H2. The number of carbonyl (C=O) groups excluding carboxylic acids is 1. The minimum absolute atomic E-state index is 0.0597. The zero-order chi connectivity index (χ0) is 9.64. The summed E-state index contributed by atoms with van der Waals surface area (Å²) in [5.74, 6) is 0.0597. The molecule has 74 valence electrons. The summed E-state index contributed by atoms with van der Waals surface area (Å²) in [7, 11) is -3.02. The fourth-order valence-corrected chi connectivity index (χ4v) is 5.92. The molecule has 3 unspecified atom stereocenters. The van der Waals surface area contributed by atoms with Crippen molar-refractivity contribution in [1.82, 2.24) is 0 Å². The smallest absolute Gasteiger partial charge is 0.157 e. The third-order valence-corrected chi connectivity index (χ3v) is 7.15. The van der Waals surface area contributed by atoms with Gasteiger partial charge in [0.2, 0.25) is 0 Å². The Kier molecular flexibility index (Phi) is 2.27. The molecule has 2 fully saturated rings. The molecule has 0 saturated carbocycles. The van der Waals surface area contributed by atoms with Gasteiger partial charge in [-0.1, -0.05) is 22.4 Å². The van der Waals surface area contributed by atoms with Crippen molar-refractivity contribution in [1.29, 1.82) is 0 Å². The number of hydrogen-bond acceptors (Lipinski definition) is 3. The number of alkyl halides is 1. The maximum atomic E-state index is 11.8. The van der Waals surface area contributed by atoms with Gasteiger partial charge >= 0.3 is 0 Å². The van der Waals surface area contributed by atoms with E-state index in [1.54, 1.807) is 0 Å². The lowest BCUT2D eigenvalue weighted by Gasteiger charge is -2.36. The van der Waals surface area contributed by atoms with Crippen LogP contribution >= 0.6 is 15.9 Å². The molecule has 3 atom stereocenters. The molecule has 2 saturated heterocycles. The van der Waals surface area contributed by atoms with Crippen LogP contribution in [0.25, 0.3) is 0 Å². The van der Waals surface area contributed by atoms with Crippen LogP contribution in [0.3, 0.4) is 0 Å². The van der Waals surface area contributed by atoms with Crippen molar-refractivity contribution in [3.63, 3.8) is 0 Å². The molecule has 2 aliphatic heterocycles. The summed E-state index contributed by atoms with van der Waals surface area (Å²) >= 11 is 3.19. The molecule has 0 radical (unpaired) electrons. The molecule has 3 nitrogen and oxygen atoms in total. The lowest BCUT2D eigenvalue weighted by molar-refractivity contribution is -0.119. The first-order valence-electron chi connectivity index (χ1n) is 4.43. The molecule has 0 aliphatic carbocycles. The van der Waals surface area contributed by atoms with Gasteiger partial charge in [-0.3, -0.25) is 4.79 Å². The van der Waals surface area contributed by atoms with Gasteiger partial charge in [0.1, 0.15) is 5.78 Å². The Morgan fingerprint density at radius 3 is 2.69 bits per heavy atom. The van der Waals surface area contributed by atoms with Crippen molar-refractivity contribution in [2.24, 2.45) is 0 Å². The highest BCUT2D eigenvalue weighted by Gasteiger charge is 2.48. The van der Waals surface area contributed by atoms with Crippen LogP contribution in [-0.2, 0) is 14.6 Å². The molecule has 2 heterocycles. The monoisotopic (exact) mass is 266 g/mol. The quantitative estimate of drug-likeness (QED) is 0.617. The lowest BCUT2D eigenvalue weighted by atomic mass is 9.98.